The van der Waals surface area contributed by atoms with E-state index >= 15 is 0 Å². The number of halogens is 1. The molecule has 0 atom stereocenters. The lowest BCUT2D eigenvalue weighted by atomic mass is 10.5. The van der Waals surface area contributed by atoms with Crippen LogP contribution < -0.4 is 4.74 Å². The molecule has 1 rings (SSSR count). The molecule has 0 amide bonds. The molecular formula is C8H10ClN3O2. The zero-order valence-corrected chi connectivity index (χ0v) is 8.71. The van der Waals surface area contributed by atoms with Crippen molar-refractivity contribution in [3.8, 4) is 6.01 Å². The molecule has 0 aromatic carbocycles. The summed E-state index contributed by atoms with van der Waals surface area (Å²) in [5.41, 5.74) is 0. The minimum atomic E-state index is 0.0488. The van der Waals surface area contributed by atoms with E-state index in [9.17, 15) is 0 Å². The van der Waals surface area contributed by atoms with E-state index in [-0.39, 0.29) is 17.1 Å². The van der Waals surface area contributed by atoms with Gasteiger partial charge in [0.05, 0.1) is 13.7 Å². The molecule has 0 saturated carbocycles. The molecule has 76 valence electrons. The molecule has 0 aliphatic carbocycles. The van der Waals surface area contributed by atoms with Crippen LogP contribution in [0.15, 0.2) is 6.58 Å². The Kier molecular flexibility index (Phi) is 3.64. The Morgan fingerprint density at radius 1 is 1.43 bits per heavy atom. The lowest BCUT2D eigenvalue weighted by Gasteiger charge is -2.05. The molecule has 0 bridgehead atoms. The van der Waals surface area contributed by atoms with Crippen LogP contribution >= 0.6 is 11.6 Å². The molecule has 0 radical (unpaired) electrons. The fourth-order valence-corrected chi connectivity index (χ4v) is 0.939. The lowest BCUT2D eigenvalue weighted by Crippen LogP contribution is -2.02. The molecule has 0 fully saturated rings. The van der Waals surface area contributed by atoms with Crippen molar-refractivity contribution in [3.63, 3.8) is 0 Å². The van der Waals surface area contributed by atoms with Crippen molar-refractivity contribution in [2.24, 2.45) is 0 Å². The maximum atomic E-state index is 5.63. The predicted molar refractivity (Wildman–Crippen MR) is 52.0 cm³/mol. The fraction of sp³-hybridized carbons (Fsp3) is 0.375. The minimum Gasteiger partial charge on any atom is -0.491 e. The fourth-order valence-electron chi connectivity index (χ4n) is 0.787. The number of rotatable bonds is 4. The van der Waals surface area contributed by atoms with Gasteiger partial charge in [-0.15, -0.1) is 0 Å². The molecule has 0 saturated heterocycles. The average Bonchev–Trinajstić information content (AvgIpc) is 2.17. The van der Waals surface area contributed by atoms with Gasteiger partial charge in [-0.1, -0.05) is 6.58 Å². The van der Waals surface area contributed by atoms with Gasteiger partial charge in [0.1, 0.15) is 0 Å². The van der Waals surface area contributed by atoms with Gasteiger partial charge < -0.3 is 9.47 Å². The van der Waals surface area contributed by atoms with Crippen LogP contribution in [0.4, 0.5) is 0 Å². The first-order valence-electron chi connectivity index (χ1n) is 3.95. The lowest BCUT2D eigenvalue weighted by molar-refractivity contribution is 0.294. The third-order valence-electron chi connectivity index (χ3n) is 1.34. The van der Waals surface area contributed by atoms with Gasteiger partial charge in [-0.05, 0) is 18.5 Å². The van der Waals surface area contributed by atoms with Gasteiger partial charge in [0, 0.05) is 0 Å². The zero-order valence-electron chi connectivity index (χ0n) is 7.95. The number of hydrogen-bond donors (Lipinski definition) is 0. The summed E-state index contributed by atoms with van der Waals surface area (Å²) in [4.78, 5) is 11.5. The molecule has 1 aromatic rings. The summed E-state index contributed by atoms with van der Waals surface area (Å²) in [6, 6.07) is 0.140. The molecule has 6 heteroatoms. The molecule has 0 aliphatic heterocycles. The summed E-state index contributed by atoms with van der Waals surface area (Å²) < 4.78 is 9.94. The highest BCUT2D eigenvalue weighted by atomic mass is 35.5. The van der Waals surface area contributed by atoms with E-state index in [1.165, 1.54) is 7.11 Å². The van der Waals surface area contributed by atoms with E-state index in [4.69, 9.17) is 21.1 Å². The third kappa shape index (κ3) is 2.56. The van der Waals surface area contributed by atoms with E-state index in [1.54, 1.807) is 0 Å². The highest BCUT2D eigenvalue weighted by molar-refractivity contribution is 6.28. The van der Waals surface area contributed by atoms with Gasteiger partial charge in [-0.3, -0.25) is 0 Å². The SMILES string of the molecule is C=C(OCC)c1nc(Cl)nc(OC)n1. The highest BCUT2D eigenvalue weighted by Crippen LogP contribution is 2.13. The number of hydrogen-bond acceptors (Lipinski definition) is 5. The minimum absolute atomic E-state index is 0.0488. The Hall–Kier alpha value is -1.36. The van der Waals surface area contributed by atoms with Gasteiger partial charge in [0.15, 0.2) is 5.76 Å². The van der Waals surface area contributed by atoms with Gasteiger partial charge in [-0.25, -0.2) is 0 Å². The normalized spacial score (nSPS) is 9.64. The predicted octanol–water partition coefficient (Wildman–Crippen LogP) is 1.54. The molecule has 1 heterocycles. The highest BCUT2D eigenvalue weighted by Gasteiger charge is 2.08. The van der Waals surface area contributed by atoms with Crippen LogP contribution in [0.5, 0.6) is 6.01 Å². The maximum Gasteiger partial charge on any atom is 0.321 e. The smallest absolute Gasteiger partial charge is 0.321 e. The summed E-state index contributed by atoms with van der Waals surface area (Å²) in [5.74, 6) is 0.624. The zero-order chi connectivity index (χ0) is 10.6. The Labute approximate surface area is 86.8 Å². The molecule has 14 heavy (non-hydrogen) atoms. The van der Waals surface area contributed by atoms with Gasteiger partial charge in [0.2, 0.25) is 11.1 Å². The standard InChI is InChI=1S/C8H10ClN3O2/c1-4-14-5(2)6-10-7(9)12-8(11-6)13-3/h2,4H2,1,3H3. The van der Waals surface area contributed by atoms with Crippen LogP contribution in [0.1, 0.15) is 12.7 Å². The van der Waals surface area contributed by atoms with Crippen molar-refractivity contribution < 1.29 is 9.47 Å². The molecule has 5 nitrogen and oxygen atoms in total. The number of nitrogens with zero attached hydrogens (tertiary/aromatic N) is 3. The van der Waals surface area contributed by atoms with Crippen LogP contribution in [0.3, 0.4) is 0 Å². The summed E-state index contributed by atoms with van der Waals surface area (Å²) >= 11 is 5.63. The molecule has 1 aromatic heterocycles. The Morgan fingerprint density at radius 2 is 2.14 bits per heavy atom. The van der Waals surface area contributed by atoms with Gasteiger partial charge in [0.25, 0.3) is 0 Å². The van der Waals surface area contributed by atoms with E-state index in [0.29, 0.717) is 12.4 Å². The first-order valence-corrected chi connectivity index (χ1v) is 4.32. The molecule has 0 spiro atoms. The number of ether oxygens (including phenoxy) is 2. The van der Waals surface area contributed by atoms with Crippen molar-refractivity contribution in [1.82, 2.24) is 15.0 Å². The van der Waals surface area contributed by atoms with Crippen molar-refractivity contribution in [1.29, 1.82) is 0 Å². The summed E-state index contributed by atoms with van der Waals surface area (Å²) in [7, 11) is 1.44. The Bertz CT molecular complexity index is 343. The maximum absolute atomic E-state index is 5.63. The first kappa shape index (κ1) is 10.7. The van der Waals surface area contributed by atoms with Crippen molar-refractivity contribution >= 4 is 17.4 Å². The van der Waals surface area contributed by atoms with Crippen molar-refractivity contribution in [2.75, 3.05) is 13.7 Å². The summed E-state index contributed by atoms with van der Waals surface area (Å²) in [5, 5.41) is 0.0488. The van der Waals surface area contributed by atoms with Crippen LogP contribution in [-0.4, -0.2) is 28.7 Å². The van der Waals surface area contributed by atoms with Crippen LogP contribution in [0, 0.1) is 0 Å². The van der Waals surface area contributed by atoms with Crippen molar-refractivity contribution in [2.45, 2.75) is 6.92 Å². The van der Waals surface area contributed by atoms with Gasteiger partial charge >= 0.3 is 6.01 Å². The van der Waals surface area contributed by atoms with E-state index in [0.717, 1.165) is 0 Å². The van der Waals surface area contributed by atoms with Crippen LogP contribution in [0.25, 0.3) is 5.76 Å². The molecular weight excluding hydrogens is 206 g/mol. The number of aromatic nitrogens is 3. The molecule has 0 aliphatic rings. The van der Waals surface area contributed by atoms with Crippen LogP contribution in [0.2, 0.25) is 5.28 Å². The second-order valence-corrected chi connectivity index (χ2v) is 2.61. The number of methoxy groups -OCH3 is 1. The Balaban J connectivity index is 2.96. The quantitative estimate of drug-likeness (QED) is 0.713. The van der Waals surface area contributed by atoms with Gasteiger partial charge in [-0.2, -0.15) is 15.0 Å². The largest absolute Gasteiger partial charge is 0.491 e. The first-order chi connectivity index (χ1) is 6.67. The van der Waals surface area contributed by atoms with E-state index < -0.39 is 0 Å². The molecule has 0 N–H and O–H groups in total. The average molecular weight is 216 g/mol. The van der Waals surface area contributed by atoms with E-state index in [1.807, 2.05) is 6.92 Å². The second kappa shape index (κ2) is 4.76. The van der Waals surface area contributed by atoms with Crippen LogP contribution in [-0.2, 0) is 4.74 Å². The summed E-state index contributed by atoms with van der Waals surface area (Å²) in [6.45, 7) is 5.97. The Morgan fingerprint density at radius 3 is 2.71 bits per heavy atom. The summed E-state index contributed by atoms with van der Waals surface area (Å²) in [6.07, 6.45) is 0. The topological polar surface area (TPSA) is 57.1 Å². The van der Waals surface area contributed by atoms with E-state index in [2.05, 4.69) is 21.5 Å². The van der Waals surface area contributed by atoms with Crippen molar-refractivity contribution in [3.05, 3.63) is 17.7 Å². The second-order valence-electron chi connectivity index (χ2n) is 2.27. The molecule has 0 unspecified atom stereocenters. The third-order valence-corrected chi connectivity index (χ3v) is 1.51. The monoisotopic (exact) mass is 215 g/mol.